The van der Waals surface area contributed by atoms with Gasteiger partial charge in [0.1, 0.15) is 5.69 Å². The topological polar surface area (TPSA) is 89.2 Å². The first-order valence-electron chi connectivity index (χ1n) is 7.21. The molecule has 1 aliphatic rings. The Morgan fingerprint density at radius 3 is 2.91 bits per heavy atom. The molecular weight excluding hydrogens is 318 g/mol. The summed E-state index contributed by atoms with van der Waals surface area (Å²) in [6, 6.07) is 3.42. The number of hydrogen-bond donors (Lipinski definition) is 1. The van der Waals surface area contributed by atoms with E-state index in [0.717, 1.165) is 11.9 Å². The SMILES string of the molecule is Cn1cccc1C(=O)N1Cc2cncn2[C@@H](CNS(C)(=O)=O)C1. The summed E-state index contributed by atoms with van der Waals surface area (Å²) in [5, 5.41) is 0. The van der Waals surface area contributed by atoms with Crippen LogP contribution in [0.5, 0.6) is 0 Å². The second-order valence-electron chi connectivity index (χ2n) is 5.76. The molecular formula is C14H19N5O3S. The van der Waals surface area contributed by atoms with Gasteiger partial charge in [0, 0.05) is 32.5 Å². The van der Waals surface area contributed by atoms with Crippen LogP contribution in [-0.4, -0.2) is 52.7 Å². The first kappa shape index (κ1) is 15.8. The van der Waals surface area contributed by atoms with Crippen LogP contribution in [0.4, 0.5) is 0 Å². The summed E-state index contributed by atoms with van der Waals surface area (Å²) in [4.78, 5) is 18.5. The minimum Gasteiger partial charge on any atom is -0.347 e. The number of rotatable bonds is 4. The summed E-state index contributed by atoms with van der Waals surface area (Å²) >= 11 is 0. The number of hydrogen-bond acceptors (Lipinski definition) is 4. The maximum absolute atomic E-state index is 12.7. The molecule has 0 aliphatic carbocycles. The van der Waals surface area contributed by atoms with Crippen LogP contribution < -0.4 is 4.72 Å². The van der Waals surface area contributed by atoms with Crippen molar-refractivity contribution in [2.45, 2.75) is 12.6 Å². The van der Waals surface area contributed by atoms with Crippen molar-refractivity contribution in [2.75, 3.05) is 19.3 Å². The Kier molecular flexibility index (Phi) is 3.99. The van der Waals surface area contributed by atoms with Crippen molar-refractivity contribution >= 4 is 15.9 Å². The van der Waals surface area contributed by atoms with Crippen LogP contribution in [0, 0.1) is 0 Å². The van der Waals surface area contributed by atoms with E-state index in [2.05, 4.69) is 9.71 Å². The fourth-order valence-electron chi connectivity index (χ4n) is 2.80. The summed E-state index contributed by atoms with van der Waals surface area (Å²) < 4.78 is 28.9. The second-order valence-corrected chi connectivity index (χ2v) is 7.59. The number of fused-ring (bicyclic) bond motifs is 1. The Morgan fingerprint density at radius 2 is 2.26 bits per heavy atom. The predicted molar refractivity (Wildman–Crippen MR) is 84.3 cm³/mol. The highest BCUT2D eigenvalue weighted by molar-refractivity contribution is 7.88. The van der Waals surface area contributed by atoms with Crippen molar-refractivity contribution in [3.63, 3.8) is 0 Å². The lowest BCUT2D eigenvalue weighted by atomic mass is 10.1. The number of carbonyl (C=O) groups is 1. The molecule has 3 heterocycles. The number of carbonyl (C=O) groups excluding carboxylic acids is 1. The lowest BCUT2D eigenvalue weighted by Crippen LogP contribution is -2.44. The molecule has 124 valence electrons. The molecule has 2 aromatic rings. The van der Waals surface area contributed by atoms with Gasteiger partial charge < -0.3 is 14.0 Å². The molecule has 0 saturated carbocycles. The summed E-state index contributed by atoms with van der Waals surface area (Å²) in [7, 11) is -1.46. The van der Waals surface area contributed by atoms with Gasteiger partial charge in [0.15, 0.2) is 0 Å². The van der Waals surface area contributed by atoms with E-state index in [4.69, 9.17) is 0 Å². The molecule has 0 fully saturated rings. The molecule has 8 nitrogen and oxygen atoms in total. The van der Waals surface area contributed by atoms with Gasteiger partial charge in [0.25, 0.3) is 5.91 Å². The molecule has 0 radical (unpaired) electrons. The van der Waals surface area contributed by atoms with Crippen LogP contribution in [0.2, 0.25) is 0 Å². The van der Waals surface area contributed by atoms with Gasteiger partial charge >= 0.3 is 0 Å². The van der Waals surface area contributed by atoms with Crippen LogP contribution in [0.15, 0.2) is 30.9 Å². The molecule has 2 aromatic heterocycles. The van der Waals surface area contributed by atoms with E-state index in [1.807, 2.05) is 23.9 Å². The molecule has 0 aromatic carbocycles. The zero-order valence-corrected chi connectivity index (χ0v) is 13.8. The van der Waals surface area contributed by atoms with E-state index in [-0.39, 0.29) is 18.5 Å². The van der Waals surface area contributed by atoms with Crippen LogP contribution in [0.25, 0.3) is 0 Å². The molecule has 0 bridgehead atoms. The fraction of sp³-hybridized carbons (Fsp3) is 0.429. The van der Waals surface area contributed by atoms with E-state index in [9.17, 15) is 13.2 Å². The number of sulfonamides is 1. The molecule has 1 N–H and O–H groups in total. The van der Waals surface area contributed by atoms with Crippen LogP contribution >= 0.6 is 0 Å². The Morgan fingerprint density at radius 1 is 1.48 bits per heavy atom. The first-order chi connectivity index (χ1) is 10.8. The molecule has 1 aliphatic heterocycles. The minimum absolute atomic E-state index is 0.0747. The maximum atomic E-state index is 12.7. The van der Waals surface area contributed by atoms with Crippen molar-refractivity contribution in [1.82, 2.24) is 23.7 Å². The average Bonchev–Trinajstić information content (AvgIpc) is 3.11. The number of aromatic nitrogens is 3. The van der Waals surface area contributed by atoms with Gasteiger partial charge in [-0.1, -0.05) is 0 Å². The molecule has 3 rings (SSSR count). The predicted octanol–water partition coefficient (Wildman–Crippen LogP) is -0.0321. The zero-order chi connectivity index (χ0) is 16.6. The van der Waals surface area contributed by atoms with E-state index in [1.54, 1.807) is 28.1 Å². The number of aryl methyl sites for hydroxylation is 1. The van der Waals surface area contributed by atoms with E-state index >= 15 is 0 Å². The summed E-state index contributed by atoms with van der Waals surface area (Å²) in [6.45, 7) is 1.11. The van der Waals surface area contributed by atoms with Crippen molar-refractivity contribution in [1.29, 1.82) is 0 Å². The molecule has 1 amide bonds. The molecule has 9 heteroatoms. The highest BCUT2D eigenvalue weighted by Gasteiger charge is 2.29. The minimum atomic E-state index is -3.29. The Bertz CT molecular complexity index is 823. The molecule has 23 heavy (non-hydrogen) atoms. The van der Waals surface area contributed by atoms with Gasteiger partial charge in [-0.2, -0.15) is 0 Å². The van der Waals surface area contributed by atoms with Crippen molar-refractivity contribution in [3.8, 4) is 0 Å². The van der Waals surface area contributed by atoms with Crippen molar-refractivity contribution < 1.29 is 13.2 Å². The van der Waals surface area contributed by atoms with E-state index in [1.165, 1.54) is 0 Å². The zero-order valence-electron chi connectivity index (χ0n) is 13.0. The fourth-order valence-corrected chi connectivity index (χ4v) is 3.29. The summed E-state index contributed by atoms with van der Waals surface area (Å²) in [5.74, 6) is -0.0747. The van der Waals surface area contributed by atoms with Gasteiger partial charge in [0.2, 0.25) is 10.0 Å². The third-order valence-electron chi connectivity index (χ3n) is 3.95. The standard InChI is InChI=1S/C14H19N5O3S/c1-17-5-3-4-13(17)14(20)18-8-11-6-15-10-19(11)12(9-18)7-16-23(2,21)22/h3-6,10,12,16H,7-9H2,1-2H3/t12-/m0/s1. The molecule has 0 unspecified atom stereocenters. The van der Waals surface area contributed by atoms with E-state index < -0.39 is 10.0 Å². The van der Waals surface area contributed by atoms with Gasteiger partial charge in [-0.05, 0) is 12.1 Å². The number of nitrogens with zero attached hydrogens (tertiary/aromatic N) is 4. The van der Waals surface area contributed by atoms with Crippen LogP contribution in [-0.2, 0) is 23.6 Å². The van der Waals surface area contributed by atoms with Crippen LogP contribution in [0.1, 0.15) is 22.2 Å². The first-order valence-corrected chi connectivity index (χ1v) is 9.10. The smallest absolute Gasteiger partial charge is 0.270 e. The number of nitrogens with one attached hydrogen (secondary N) is 1. The Hall–Kier alpha value is -2.13. The highest BCUT2D eigenvalue weighted by Crippen LogP contribution is 2.22. The van der Waals surface area contributed by atoms with Gasteiger partial charge in [-0.25, -0.2) is 18.1 Å². The third kappa shape index (κ3) is 3.30. The van der Waals surface area contributed by atoms with Gasteiger partial charge in [-0.15, -0.1) is 0 Å². The lowest BCUT2D eigenvalue weighted by molar-refractivity contribution is 0.0671. The van der Waals surface area contributed by atoms with Gasteiger partial charge in [0.05, 0.1) is 30.9 Å². The maximum Gasteiger partial charge on any atom is 0.270 e. The van der Waals surface area contributed by atoms with Crippen LogP contribution in [0.3, 0.4) is 0 Å². The lowest BCUT2D eigenvalue weighted by Gasteiger charge is -2.34. The number of imidazole rings is 1. The Balaban J connectivity index is 1.83. The van der Waals surface area contributed by atoms with E-state index in [0.29, 0.717) is 18.8 Å². The summed E-state index contributed by atoms with van der Waals surface area (Å²) in [5.41, 5.74) is 1.49. The molecule has 1 atom stereocenters. The monoisotopic (exact) mass is 337 g/mol. The highest BCUT2D eigenvalue weighted by atomic mass is 32.2. The second kappa shape index (κ2) is 5.82. The quantitative estimate of drug-likeness (QED) is 0.848. The largest absolute Gasteiger partial charge is 0.347 e. The normalized spacial score (nSPS) is 18.0. The molecule has 0 spiro atoms. The van der Waals surface area contributed by atoms with Gasteiger partial charge in [-0.3, -0.25) is 4.79 Å². The Labute approximate surface area is 134 Å². The third-order valence-corrected chi connectivity index (χ3v) is 4.65. The summed E-state index contributed by atoms with van der Waals surface area (Å²) in [6.07, 6.45) is 6.33. The average molecular weight is 337 g/mol. The van der Waals surface area contributed by atoms with Crippen molar-refractivity contribution in [2.24, 2.45) is 7.05 Å². The molecule has 0 saturated heterocycles. The number of amides is 1. The van der Waals surface area contributed by atoms with Crippen molar-refractivity contribution in [3.05, 3.63) is 42.2 Å².